The number of benzene rings is 1. The Morgan fingerprint density at radius 2 is 2.07 bits per heavy atom. The highest BCUT2D eigenvalue weighted by atomic mass is 79.9. The molecule has 0 saturated carbocycles. The molecule has 0 radical (unpaired) electrons. The fourth-order valence-electron chi connectivity index (χ4n) is 3.01. The quantitative estimate of drug-likeness (QED) is 0.447. The van der Waals surface area contributed by atoms with Gasteiger partial charge in [-0.1, -0.05) is 0 Å². The summed E-state index contributed by atoms with van der Waals surface area (Å²) in [4.78, 5) is 20.1. The topological polar surface area (TPSA) is 101 Å². The predicted octanol–water partition coefficient (Wildman–Crippen LogP) is 4.01. The van der Waals surface area contributed by atoms with Crippen LogP contribution in [0.15, 0.2) is 38.5 Å². The summed E-state index contributed by atoms with van der Waals surface area (Å²) in [5, 5.41) is 0.599. The summed E-state index contributed by atoms with van der Waals surface area (Å²) < 4.78 is 13.7. The number of nitrogen functional groups attached to an aromatic ring is 1. The third-order valence-corrected chi connectivity index (χ3v) is 7.36. The summed E-state index contributed by atoms with van der Waals surface area (Å²) in [7, 11) is 0. The highest BCUT2D eigenvalue weighted by molar-refractivity contribution is 9.10. The van der Waals surface area contributed by atoms with Gasteiger partial charge in [-0.25, -0.2) is 19.9 Å². The molecule has 0 amide bonds. The van der Waals surface area contributed by atoms with Gasteiger partial charge in [-0.2, -0.15) is 0 Å². The third kappa shape index (κ3) is 3.53. The van der Waals surface area contributed by atoms with E-state index < -0.39 is 0 Å². The van der Waals surface area contributed by atoms with E-state index in [0.717, 1.165) is 39.6 Å². The lowest BCUT2D eigenvalue weighted by molar-refractivity contribution is 0.174. The summed E-state index contributed by atoms with van der Waals surface area (Å²) >= 11 is 6.67. The van der Waals surface area contributed by atoms with E-state index in [-0.39, 0.29) is 6.79 Å². The van der Waals surface area contributed by atoms with E-state index in [0.29, 0.717) is 22.4 Å². The number of hydrogen-bond acceptors (Lipinski definition) is 9. The molecule has 2 aromatic rings. The normalized spacial score (nSPS) is 12.8. The SMILES string of the molecule is Cc1ncsc1CCn1cnc(N)c2nc(Sc3cc4c(cc3Br)OCO4)nc1-2. The smallest absolute Gasteiger partial charge is 0.231 e. The van der Waals surface area contributed by atoms with Crippen LogP contribution in [0.25, 0.3) is 11.5 Å². The largest absolute Gasteiger partial charge is 0.454 e. The van der Waals surface area contributed by atoms with E-state index in [1.807, 2.05) is 29.1 Å². The summed E-state index contributed by atoms with van der Waals surface area (Å²) in [5.74, 6) is 2.52. The number of halogens is 1. The van der Waals surface area contributed by atoms with Crippen molar-refractivity contribution in [2.75, 3.05) is 12.5 Å². The number of fused-ring (bicyclic) bond motifs is 2. The molecule has 5 rings (SSSR count). The van der Waals surface area contributed by atoms with Crippen molar-refractivity contribution < 1.29 is 9.47 Å². The minimum Gasteiger partial charge on any atom is -0.454 e. The molecule has 0 spiro atoms. The molecular formula is C18H15BrN6O2S2. The van der Waals surface area contributed by atoms with Gasteiger partial charge in [-0.05, 0) is 46.7 Å². The minimum absolute atomic E-state index is 0.230. The fraction of sp³-hybridized carbons (Fsp3) is 0.222. The van der Waals surface area contributed by atoms with E-state index in [4.69, 9.17) is 20.2 Å². The fourth-order valence-corrected chi connectivity index (χ4v) is 5.13. The Morgan fingerprint density at radius 1 is 1.24 bits per heavy atom. The Bertz CT molecular complexity index is 1180. The van der Waals surface area contributed by atoms with E-state index in [1.54, 1.807) is 17.7 Å². The number of aryl methyl sites for hydroxylation is 3. The van der Waals surface area contributed by atoms with Crippen LogP contribution < -0.4 is 15.2 Å². The van der Waals surface area contributed by atoms with Crippen LogP contribution in [0.2, 0.25) is 0 Å². The van der Waals surface area contributed by atoms with Crippen LogP contribution in [-0.4, -0.2) is 31.3 Å². The summed E-state index contributed by atoms with van der Waals surface area (Å²) in [6, 6.07) is 3.81. The van der Waals surface area contributed by atoms with Crippen LogP contribution >= 0.6 is 39.0 Å². The molecule has 0 atom stereocenters. The van der Waals surface area contributed by atoms with Crippen LogP contribution in [-0.2, 0) is 13.0 Å². The Morgan fingerprint density at radius 3 is 2.86 bits per heavy atom. The summed E-state index contributed by atoms with van der Waals surface area (Å²) in [6.07, 6.45) is 2.57. The minimum atomic E-state index is 0.230. The number of nitrogens with zero attached hydrogens (tertiary/aromatic N) is 5. The van der Waals surface area contributed by atoms with Crippen molar-refractivity contribution in [2.24, 2.45) is 0 Å². The second-order valence-corrected chi connectivity index (χ2v) is 9.15. The first-order chi connectivity index (χ1) is 14.1. The van der Waals surface area contributed by atoms with Gasteiger partial charge in [0.2, 0.25) is 6.79 Å². The van der Waals surface area contributed by atoms with Crippen molar-refractivity contribution in [3.05, 3.63) is 39.0 Å². The monoisotopic (exact) mass is 490 g/mol. The number of imidazole rings is 1. The van der Waals surface area contributed by atoms with Gasteiger partial charge >= 0.3 is 0 Å². The lowest BCUT2D eigenvalue weighted by atomic mass is 10.3. The zero-order valence-corrected chi connectivity index (χ0v) is 18.5. The van der Waals surface area contributed by atoms with Crippen molar-refractivity contribution >= 4 is 44.8 Å². The second-order valence-electron chi connectivity index (χ2n) is 6.35. The van der Waals surface area contributed by atoms with Gasteiger partial charge in [0, 0.05) is 27.2 Å². The van der Waals surface area contributed by atoms with Crippen LogP contribution in [0.3, 0.4) is 0 Å². The Hall–Kier alpha value is -2.37. The molecule has 0 bridgehead atoms. The highest BCUT2D eigenvalue weighted by Gasteiger charge is 2.22. The number of thiazole rings is 1. The van der Waals surface area contributed by atoms with Gasteiger partial charge in [-0.15, -0.1) is 11.3 Å². The highest BCUT2D eigenvalue weighted by Crippen LogP contribution is 2.43. The van der Waals surface area contributed by atoms with Gasteiger partial charge in [0.25, 0.3) is 0 Å². The molecule has 1 aromatic heterocycles. The van der Waals surface area contributed by atoms with E-state index in [2.05, 4.69) is 30.9 Å². The average Bonchev–Trinajstić information content (AvgIpc) is 3.42. The van der Waals surface area contributed by atoms with Crippen molar-refractivity contribution in [3.8, 4) is 23.0 Å². The first-order valence-electron chi connectivity index (χ1n) is 8.73. The lowest BCUT2D eigenvalue weighted by Gasteiger charge is -2.10. The molecular weight excluding hydrogens is 476 g/mol. The average molecular weight is 491 g/mol. The van der Waals surface area contributed by atoms with Crippen LogP contribution in [0, 0.1) is 6.92 Å². The number of rotatable bonds is 5. The molecule has 2 N–H and O–H groups in total. The lowest BCUT2D eigenvalue weighted by Crippen LogP contribution is -2.09. The Labute approximate surface area is 183 Å². The zero-order valence-electron chi connectivity index (χ0n) is 15.3. The van der Waals surface area contributed by atoms with Gasteiger partial charge in [0.05, 0.1) is 17.5 Å². The third-order valence-electron chi connectivity index (χ3n) is 4.52. The maximum absolute atomic E-state index is 6.06. The number of nitrogens with two attached hydrogens (primary N) is 1. The second kappa shape index (κ2) is 7.47. The predicted molar refractivity (Wildman–Crippen MR) is 114 cm³/mol. The van der Waals surface area contributed by atoms with Crippen molar-refractivity contribution in [3.63, 3.8) is 0 Å². The van der Waals surface area contributed by atoms with Gasteiger partial charge in [-0.3, -0.25) is 0 Å². The van der Waals surface area contributed by atoms with Gasteiger partial charge in [0.1, 0.15) is 0 Å². The molecule has 11 heteroatoms. The van der Waals surface area contributed by atoms with Gasteiger partial charge in [0.15, 0.2) is 34.0 Å². The number of aromatic nitrogens is 5. The van der Waals surface area contributed by atoms with Crippen LogP contribution in [0.1, 0.15) is 10.6 Å². The number of ether oxygens (including phenoxy) is 2. The molecule has 1 aromatic carbocycles. The molecule has 3 aliphatic heterocycles. The molecule has 8 nitrogen and oxygen atoms in total. The van der Waals surface area contributed by atoms with Crippen molar-refractivity contribution in [1.29, 1.82) is 0 Å². The first-order valence-corrected chi connectivity index (χ1v) is 11.2. The van der Waals surface area contributed by atoms with Crippen LogP contribution in [0.5, 0.6) is 11.5 Å². The molecule has 0 saturated heterocycles. The molecule has 0 aliphatic carbocycles. The molecule has 0 fully saturated rings. The maximum atomic E-state index is 6.06. The molecule has 0 unspecified atom stereocenters. The standard InChI is InChI=1S/C18H15BrN6O2S2/c1-9-13(28-7-22-9)2-3-25-6-21-16(20)15-17(25)24-18(23-15)29-14-5-12-11(4-10(14)19)26-8-27-12/h4-7H,2-3,8,20H2,1H3. The van der Waals surface area contributed by atoms with Crippen LogP contribution in [0.4, 0.5) is 5.82 Å². The maximum Gasteiger partial charge on any atom is 0.231 e. The molecule has 148 valence electrons. The molecule has 4 heterocycles. The Balaban J connectivity index is 1.44. The van der Waals surface area contributed by atoms with Crippen molar-refractivity contribution in [2.45, 2.75) is 29.9 Å². The van der Waals surface area contributed by atoms with E-state index in [1.165, 1.54) is 16.6 Å². The molecule has 29 heavy (non-hydrogen) atoms. The summed E-state index contributed by atoms with van der Waals surface area (Å²) in [6.45, 7) is 2.98. The first kappa shape index (κ1) is 18.6. The zero-order chi connectivity index (χ0) is 20.0. The summed E-state index contributed by atoms with van der Waals surface area (Å²) in [5.41, 5.74) is 9.60. The Kier molecular flexibility index (Phi) is 4.80. The van der Waals surface area contributed by atoms with Crippen molar-refractivity contribution in [1.82, 2.24) is 24.5 Å². The number of anilines is 1. The number of hydrogen-bond donors (Lipinski definition) is 1. The van der Waals surface area contributed by atoms with Gasteiger partial charge < -0.3 is 19.8 Å². The van der Waals surface area contributed by atoms with E-state index >= 15 is 0 Å². The van der Waals surface area contributed by atoms with E-state index in [9.17, 15) is 0 Å². The molecule has 3 aliphatic rings.